The van der Waals surface area contributed by atoms with E-state index >= 15 is 0 Å². The Morgan fingerprint density at radius 1 is 1.04 bits per heavy atom. The molecule has 2 aliphatic rings. The van der Waals surface area contributed by atoms with Gasteiger partial charge in [-0.2, -0.15) is 4.98 Å². The van der Waals surface area contributed by atoms with E-state index in [4.69, 9.17) is 4.98 Å². The van der Waals surface area contributed by atoms with Gasteiger partial charge in [-0.3, -0.25) is 0 Å². The van der Waals surface area contributed by atoms with E-state index < -0.39 is 0 Å². The highest BCUT2D eigenvalue weighted by atomic mass is 19.1. The van der Waals surface area contributed by atoms with Gasteiger partial charge in [-0.1, -0.05) is 31.0 Å². The second-order valence-electron chi connectivity index (χ2n) is 6.85. The third-order valence-corrected chi connectivity index (χ3v) is 4.85. The normalized spacial score (nSPS) is 17.9. The SMILES string of the molecule is Fc1ccccc1CNc1cc(C2CC2)nc(NC2CCCC2)n1. The average Bonchev–Trinajstić information content (AvgIpc) is 3.32. The zero-order chi connectivity index (χ0) is 16.4. The molecule has 0 atom stereocenters. The first-order valence-corrected chi connectivity index (χ1v) is 8.91. The predicted molar refractivity (Wildman–Crippen MR) is 93.6 cm³/mol. The summed E-state index contributed by atoms with van der Waals surface area (Å²) in [5.41, 5.74) is 1.75. The minimum atomic E-state index is -0.189. The largest absolute Gasteiger partial charge is 0.366 e. The third-order valence-electron chi connectivity index (χ3n) is 4.85. The number of nitrogens with zero attached hydrogens (tertiary/aromatic N) is 2. The molecule has 24 heavy (non-hydrogen) atoms. The minimum Gasteiger partial charge on any atom is -0.366 e. The van der Waals surface area contributed by atoms with E-state index in [0.29, 0.717) is 30.0 Å². The van der Waals surface area contributed by atoms with Crippen molar-refractivity contribution >= 4 is 11.8 Å². The topological polar surface area (TPSA) is 49.8 Å². The molecule has 0 aliphatic heterocycles. The Hall–Kier alpha value is -2.17. The maximum Gasteiger partial charge on any atom is 0.225 e. The Balaban J connectivity index is 1.50. The summed E-state index contributed by atoms with van der Waals surface area (Å²) in [6.45, 7) is 0.427. The first kappa shape index (κ1) is 15.4. The lowest BCUT2D eigenvalue weighted by molar-refractivity contribution is 0.613. The van der Waals surface area contributed by atoms with Crippen molar-refractivity contribution in [3.63, 3.8) is 0 Å². The van der Waals surface area contributed by atoms with Crippen molar-refractivity contribution in [1.82, 2.24) is 9.97 Å². The van der Waals surface area contributed by atoms with Crippen LogP contribution in [0.1, 0.15) is 55.7 Å². The van der Waals surface area contributed by atoms with E-state index in [2.05, 4.69) is 15.6 Å². The van der Waals surface area contributed by atoms with Gasteiger partial charge in [-0.05, 0) is 31.7 Å². The summed E-state index contributed by atoms with van der Waals surface area (Å²) < 4.78 is 13.8. The molecule has 1 heterocycles. The molecule has 5 heteroatoms. The Kier molecular flexibility index (Phi) is 4.32. The quantitative estimate of drug-likeness (QED) is 0.823. The monoisotopic (exact) mass is 326 g/mol. The molecule has 2 N–H and O–H groups in total. The van der Waals surface area contributed by atoms with Gasteiger partial charge in [-0.15, -0.1) is 0 Å². The number of halogens is 1. The predicted octanol–water partition coefficient (Wildman–Crippen LogP) is 4.46. The van der Waals surface area contributed by atoms with Crippen LogP contribution in [-0.2, 0) is 6.54 Å². The Morgan fingerprint density at radius 2 is 1.83 bits per heavy atom. The van der Waals surface area contributed by atoms with Gasteiger partial charge < -0.3 is 10.6 Å². The van der Waals surface area contributed by atoms with E-state index in [1.54, 1.807) is 12.1 Å². The average molecular weight is 326 g/mol. The van der Waals surface area contributed by atoms with Crippen LogP contribution in [0, 0.1) is 5.82 Å². The summed E-state index contributed by atoms with van der Waals surface area (Å²) in [4.78, 5) is 9.29. The molecule has 0 unspecified atom stereocenters. The van der Waals surface area contributed by atoms with Gasteiger partial charge in [0.25, 0.3) is 0 Å². The highest BCUT2D eigenvalue weighted by Gasteiger charge is 2.26. The second kappa shape index (κ2) is 6.75. The Labute approximate surface area is 141 Å². The fraction of sp³-hybridized carbons (Fsp3) is 0.474. The van der Waals surface area contributed by atoms with Crippen LogP contribution in [0.5, 0.6) is 0 Å². The summed E-state index contributed by atoms with van der Waals surface area (Å²) in [7, 11) is 0. The lowest BCUT2D eigenvalue weighted by Gasteiger charge is -2.15. The van der Waals surface area contributed by atoms with Crippen LogP contribution in [0.15, 0.2) is 30.3 Å². The molecule has 126 valence electrons. The van der Waals surface area contributed by atoms with E-state index in [0.717, 1.165) is 11.5 Å². The van der Waals surface area contributed by atoms with Gasteiger partial charge in [0, 0.05) is 30.1 Å². The first-order chi connectivity index (χ1) is 11.8. The van der Waals surface area contributed by atoms with Gasteiger partial charge in [0.05, 0.1) is 5.69 Å². The van der Waals surface area contributed by atoms with Crippen LogP contribution in [0.2, 0.25) is 0 Å². The number of aromatic nitrogens is 2. The zero-order valence-corrected chi connectivity index (χ0v) is 13.8. The van der Waals surface area contributed by atoms with Crippen molar-refractivity contribution in [3.8, 4) is 0 Å². The van der Waals surface area contributed by atoms with Crippen molar-refractivity contribution in [3.05, 3.63) is 47.4 Å². The van der Waals surface area contributed by atoms with Crippen molar-refractivity contribution in [2.75, 3.05) is 10.6 Å². The summed E-state index contributed by atoms with van der Waals surface area (Å²) in [5.74, 6) is 1.86. The van der Waals surface area contributed by atoms with Gasteiger partial charge in [0.15, 0.2) is 0 Å². The molecule has 0 bridgehead atoms. The van der Waals surface area contributed by atoms with Crippen LogP contribution < -0.4 is 10.6 Å². The molecular weight excluding hydrogens is 303 g/mol. The van der Waals surface area contributed by atoms with Gasteiger partial charge >= 0.3 is 0 Å². The number of benzene rings is 1. The number of hydrogen-bond acceptors (Lipinski definition) is 4. The lowest BCUT2D eigenvalue weighted by atomic mass is 10.2. The number of rotatable bonds is 6. The van der Waals surface area contributed by atoms with Gasteiger partial charge in [0.1, 0.15) is 11.6 Å². The molecule has 2 aromatic rings. The molecule has 4 rings (SSSR count). The van der Waals surface area contributed by atoms with Crippen molar-refractivity contribution < 1.29 is 4.39 Å². The van der Waals surface area contributed by atoms with E-state index in [1.807, 2.05) is 12.1 Å². The van der Waals surface area contributed by atoms with E-state index in [1.165, 1.54) is 44.6 Å². The molecule has 0 spiro atoms. The van der Waals surface area contributed by atoms with E-state index in [-0.39, 0.29) is 5.82 Å². The summed E-state index contributed by atoms with van der Waals surface area (Å²) >= 11 is 0. The van der Waals surface area contributed by atoms with Crippen LogP contribution in [0.4, 0.5) is 16.2 Å². The smallest absolute Gasteiger partial charge is 0.225 e. The highest BCUT2D eigenvalue weighted by Crippen LogP contribution is 2.40. The summed E-state index contributed by atoms with van der Waals surface area (Å²) in [5, 5.41) is 6.74. The Morgan fingerprint density at radius 3 is 2.58 bits per heavy atom. The third kappa shape index (κ3) is 3.66. The number of hydrogen-bond donors (Lipinski definition) is 2. The summed E-state index contributed by atoms with van der Waals surface area (Å²) in [6.07, 6.45) is 7.33. The highest BCUT2D eigenvalue weighted by molar-refractivity contribution is 5.45. The number of anilines is 2. The molecular formula is C19H23FN4. The van der Waals surface area contributed by atoms with Crippen molar-refractivity contribution in [1.29, 1.82) is 0 Å². The van der Waals surface area contributed by atoms with Gasteiger partial charge in [0.2, 0.25) is 5.95 Å². The molecule has 4 nitrogen and oxygen atoms in total. The van der Waals surface area contributed by atoms with Gasteiger partial charge in [-0.25, -0.2) is 9.37 Å². The maximum atomic E-state index is 13.8. The molecule has 1 aromatic carbocycles. The fourth-order valence-electron chi connectivity index (χ4n) is 3.29. The standard InChI is InChI=1S/C19H23FN4/c20-16-8-4-1-5-14(16)12-21-18-11-17(13-9-10-13)23-19(24-18)22-15-6-2-3-7-15/h1,4-5,8,11,13,15H,2-3,6-7,9-10,12H2,(H2,21,22,23,24). The van der Waals surface area contributed by atoms with Crippen LogP contribution >= 0.6 is 0 Å². The zero-order valence-electron chi connectivity index (χ0n) is 13.8. The maximum absolute atomic E-state index is 13.8. The molecule has 2 saturated carbocycles. The first-order valence-electron chi connectivity index (χ1n) is 8.91. The van der Waals surface area contributed by atoms with Crippen LogP contribution in [0.25, 0.3) is 0 Å². The van der Waals surface area contributed by atoms with Crippen LogP contribution in [0.3, 0.4) is 0 Å². The molecule has 2 fully saturated rings. The van der Waals surface area contributed by atoms with E-state index in [9.17, 15) is 4.39 Å². The molecule has 0 radical (unpaired) electrons. The fourth-order valence-corrected chi connectivity index (χ4v) is 3.29. The molecule has 0 amide bonds. The number of nitrogens with one attached hydrogen (secondary N) is 2. The molecule has 1 aromatic heterocycles. The van der Waals surface area contributed by atoms with Crippen LogP contribution in [-0.4, -0.2) is 16.0 Å². The molecule has 0 saturated heterocycles. The second-order valence-corrected chi connectivity index (χ2v) is 6.85. The Bertz CT molecular complexity index is 708. The summed E-state index contributed by atoms with van der Waals surface area (Å²) in [6, 6.07) is 9.33. The minimum absolute atomic E-state index is 0.189. The molecule has 2 aliphatic carbocycles. The lowest BCUT2D eigenvalue weighted by Crippen LogP contribution is -2.18. The van der Waals surface area contributed by atoms with Crippen molar-refractivity contribution in [2.24, 2.45) is 0 Å². The van der Waals surface area contributed by atoms with Crippen molar-refractivity contribution in [2.45, 2.75) is 57.0 Å².